The summed E-state index contributed by atoms with van der Waals surface area (Å²) in [7, 11) is 3.60. The van der Waals surface area contributed by atoms with Crippen molar-refractivity contribution in [3.63, 3.8) is 0 Å². The second kappa shape index (κ2) is 4.72. The molecule has 0 heterocycles. The van der Waals surface area contributed by atoms with Crippen molar-refractivity contribution in [2.75, 3.05) is 14.1 Å². The van der Waals surface area contributed by atoms with Crippen molar-refractivity contribution in [1.29, 1.82) is 0 Å². The van der Waals surface area contributed by atoms with E-state index in [1.165, 1.54) is 5.56 Å². The van der Waals surface area contributed by atoms with E-state index in [9.17, 15) is 9.90 Å². The first kappa shape index (κ1) is 11.9. The lowest BCUT2D eigenvalue weighted by Crippen LogP contribution is -2.28. The third-order valence-corrected chi connectivity index (χ3v) is 3.15. The lowest BCUT2D eigenvalue weighted by atomic mass is 9.89. The summed E-state index contributed by atoms with van der Waals surface area (Å²) in [6.45, 7) is 0. The molecule has 0 radical (unpaired) electrons. The zero-order valence-electron chi connectivity index (χ0n) is 10.2. The van der Waals surface area contributed by atoms with Gasteiger partial charge in [-0.25, -0.2) is 0 Å². The Hall–Kier alpha value is -1.61. The number of hydrogen-bond acceptors (Lipinski definition) is 2. The highest BCUT2D eigenvalue weighted by Crippen LogP contribution is 2.29. The van der Waals surface area contributed by atoms with Gasteiger partial charge in [0.2, 0.25) is 0 Å². The fourth-order valence-electron chi connectivity index (χ4n) is 2.39. The third kappa shape index (κ3) is 2.24. The molecule has 0 aromatic heterocycles. The smallest absolute Gasteiger partial charge is 0.325 e. The molecule has 1 N–H and O–H groups in total. The Balaban J connectivity index is 2.51. The Morgan fingerprint density at radius 1 is 1.41 bits per heavy atom. The predicted octanol–water partition coefficient (Wildman–Crippen LogP) is 2.33. The van der Waals surface area contributed by atoms with Crippen molar-refractivity contribution < 1.29 is 9.90 Å². The summed E-state index contributed by atoms with van der Waals surface area (Å²) in [5, 5.41) is 9.34. The lowest BCUT2D eigenvalue weighted by Gasteiger charge is -2.25. The molecule has 0 fully saturated rings. The molecule has 0 bridgehead atoms. The third-order valence-electron chi connectivity index (χ3n) is 3.15. The molecule has 0 saturated heterocycles. The van der Waals surface area contributed by atoms with Crippen molar-refractivity contribution in [2.24, 2.45) is 0 Å². The van der Waals surface area contributed by atoms with E-state index in [1.807, 2.05) is 18.2 Å². The van der Waals surface area contributed by atoms with Crippen LogP contribution in [0.25, 0.3) is 6.08 Å². The van der Waals surface area contributed by atoms with Crippen molar-refractivity contribution in [1.82, 2.24) is 4.90 Å². The molecule has 0 spiro atoms. The Morgan fingerprint density at radius 3 is 2.82 bits per heavy atom. The number of hydrogen-bond donors (Lipinski definition) is 1. The van der Waals surface area contributed by atoms with E-state index in [4.69, 9.17) is 0 Å². The van der Waals surface area contributed by atoms with Crippen LogP contribution in [0.3, 0.4) is 0 Å². The van der Waals surface area contributed by atoms with Gasteiger partial charge >= 0.3 is 5.97 Å². The fraction of sp³-hybridized carbons (Fsp3) is 0.357. The van der Waals surface area contributed by atoms with Gasteiger partial charge in [-0.3, -0.25) is 9.69 Å². The molecule has 0 saturated carbocycles. The van der Waals surface area contributed by atoms with E-state index in [1.54, 1.807) is 19.0 Å². The highest BCUT2D eigenvalue weighted by atomic mass is 16.4. The number of likely N-dealkylation sites (N-methyl/N-ethyl adjacent to an activating group) is 1. The molecule has 2 rings (SSSR count). The average Bonchev–Trinajstić information content (AvgIpc) is 2.28. The normalized spacial score (nSPS) is 15.7. The summed E-state index contributed by atoms with van der Waals surface area (Å²) in [6, 6.07) is 5.35. The summed E-state index contributed by atoms with van der Waals surface area (Å²) in [4.78, 5) is 13.1. The summed E-state index contributed by atoms with van der Waals surface area (Å²) < 4.78 is 0. The van der Waals surface area contributed by atoms with Crippen LogP contribution in [0.2, 0.25) is 0 Å². The van der Waals surface area contributed by atoms with Crippen LogP contribution in [0.5, 0.6) is 0 Å². The Morgan fingerprint density at radius 2 is 2.18 bits per heavy atom. The van der Waals surface area contributed by atoms with Crippen molar-refractivity contribution in [3.8, 4) is 0 Å². The minimum absolute atomic E-state index is 0.559. The number of rotatable bonds is 3. The van der Waals surface area contributed by atoms with Crippen molar-refractivity contribution >= 4 is 12.0 Å². The van der Waals surface area contributed by atoms with E-state index < -0.39 is 12.0 Å². The van der Waals surface area contributed by atoms with E-state index >= 15 is 0 Å². The number of fused-ring (bicyclic) bond motifs is 1. The first-order chi connectivity index (χ1) is 8.11. The van der Waals surface area contributed by atoms with Crippen LogP contribution in [-0.2, 0) is 11.2 Å². The second-order valence-electron chi connectivity index (χ2n) is 4.56. The molecule has 17 heavy (non-hydrogen) atoms. The van der Waals surface area contributed by atoms with Gasteiger partial charge in [-0.15, -0.1) is 0 Å². The minimum Gasteiger partial charge on any atom is -0.480 e. The number of allylic oxidation sites excluding steroid dienone is 1. The summed E-state index contributed by atoms with van der Waals surface area (Å²) in [5.41, 5.74) is 3.25. The maximum Gasteiger partial charge on any atom is 0.325 e. The maximum atomic E-state index is 11.4. The largest absolute Gasteiger partial charge is 0.480 e. The number of aliphatic carboxylic acids is 1. The zero-order chi connectivity index (χ0) is 12.4. The molecule has 1 aromatic carbocycles. The number of carboxylic acid groups (broad SMARTS) is 1. The average molecular weight is 231 g/mol. The van der Waals surface area contributed by atoms with Crippen LogP contribution in [-0.4, -0.2) is 30.1 Å². The Bertz CT molecular complexity index is 463. The Labute approximate surface area is 101 Å². The van der Waals surface area contributed by atoms with E-state index in [0.717, 1.165) is 24.0 Å². The molecule has 3 heteroatoms. The van der Waals surface area contributed by atoms with Gasteiger partial charge < -0.3 is 5.11 Å². The standard InChI is InChI=1S/C14H17NO2/c1-15(2)13(14(16)17)12-9-5-7-10-6-3-4-8-11(10)12/h3,5-7,9,13H,4,8H2,1-2H3,(H,16,17). The summed E-state index contributed by atoms with van der Waals surface area (Å²) >= 11 is 0. The van der Waals surface area contributed by atoms with Gasteiger partial charge in [0.15, 0.2) is 0 Å². The second-order valence-corrected chi connectivity index (χ2v) is 4.56. The van der Waals surface area contributed by atoms with E-state index in [-0.39, 0.29) is 0 Å². The molecule has 0 amide bonds. The van der Waals surface area contributed by atoms with Crippen LogP contribution in [0, 0.1) is 0 Å². The minimum atomic E-state index is -0.794. The van der Waals surface area contributed by atoms with Gasteiger partial charge in [-0.1, -0.05) is 30.4 Å². The highest BCUT2D eigenvalue weighted by molar-refractivity contribution is 5.77. The van der Waals surface area contributed by atoms with E-state index in [2.05, 4.69) is 12.2 Å². The molecule has 3 nitrogen and oxygen atoms in total. The molecule has 90 valence electrons. The van der Waals surface area contributed by atoms with Gasteiger partial charge in [0.25, 0.3) is 0 Å². The van der Waals surface area contributed by atoms with E-state index in [0.29, 0.717) is 0 Å². The first-order valence-corrected chi connectivity index (χ1v) is 5.79. The van der Waals surface area contributed by atoms with Gasteiger partial charge in [-0.2, -0.15) is 0 Å². The lowest BCUT2D eigenvalue weighted by molar-refractivity contribution is -0.142. The topological polar surface area (TPSA) is 40.5 Å². The summed E-state index contributed by atoms with van der Waals surface area (Å²) in [6.07, 6.45) is 6.14. The van der Waals surface area contributed by atoms with Crippen molar-refractivity contribution in [3.05, 3.63) is 41.0 Å². The molecule has 0 aliphatic heterocycles. The molecular weight excluding hydrogens is 214 g/mol. The molecular formula is C14H17NO2. The molecule has 1 unspecified atom stereocenters. The van der Waals surface area contributed by atoms with Gasteiger partial charge in [0, 0.05) is 0 Å². The molecule has 1 atom stereocenters. The predicted molar refractivity (Wildman–Crippen MR) is 67.9 cm³/mol. The van der Waals surface area contributed by atoms with Crippen LogP contribution >= 0.6 is 0 Å². The quantitative estimate of drug-likeness (QED) is 0.868. The number of carbonyl (C=O) groups is 1. The highest BCUT2D eigenvalue weighted by Gasteiger charge is 2.25. The van der Waals surface area contributed by atoms with Crippen molar-refractivity contribution in [2.45, 2.75) is 18.9 Å². The number of benzene rings is 1. The molecule has 1 aromatic rings. The van der Waals surface area contributed by atoms with Gasteiger partial charge in [0.1, 0.15) is 6.04 Å². The van der Waals surface area contributed by atoms with Crippen LogP contribution in [0.1, 0.15) is 29.2 Å². The molecule has 1 aliphatic rings. The maximum absolute atomic E-state index is 11.4. The van der Waals surface area contributed by atoms with Crippen LogP contribution in [0.15, 0.2) is 24.3 Å². The first-order valence-electron chi connectivity index (χ1n) is 5.79. The zero-order valence-corrected chi connectivity index (χ0v) is 10.2. The fourth-order valence-corrected chi connectivity index (χ4v) is 2.39. The van der Waals surface area contributed by atoms with Gasteiger partial charge in [0.05, 0.1) is 0 Å². The van der Waals surface area contributed by atoms with Gasteiger partial charge in [-0.05, 0) is 43.6 Å². The number of nitrogens with zero attached hydrogens (tertiary/aromatic N) is 1. The SMILES string of the molecule is CN(C)C(C(=O)O)c1cccc2c1CCC=C2. The van der Waals surface area contributed by atoms with Crippen LogP contribution < -0.4 is 0 Å². The summed E-state index contributed by atoms with van der Waals surface area (Å²) in [5.74, 6) is -0.794. The Kier molecular flexibility index (Phi) is 3.29. The number of carboxylic acids is 1. The molecule has 1 aliphatic carbocycles. The monoisotopic (exact) mass is 231 g/mol. The van der Waals surface area contributed by atoms with Crippen LogP contribution in [0.4, 0.5) is 0 Å².